The first-order chi connectivity index (χ1) is 9.42. The fraction of sp³-hybridized carbons (Fsp3) is 0.167. The molecule has 19 heavy (non-hydrogen) atoms. The van der Waals surface area contributed by atoms with Crippen LogP contribution < -0.4 is 5.32 Å². The van der Waals surface area contributed by atoms with Gasteiger partial charge in [-0.3, -0.25) is 0 Å². The minimum atomic E-state index is 0.597. The summed E-state index contributed by atoms with van der Waals surface area (Å²) in [6.45, 7) is 1.36. The highest BCUT2D eigenvalue weighted by Gasteiger charge is 1.99. The molecule has 0 aliphatic rings. The average Bonchev–Trinajstić information content (AvgIpc) is 3.13. The molecule has 3 aromatic rings. The maximum atomic E-state index is 4.03. The number of aromatic nitrogens is 6. The van der Waals surface area contributed by atoms with Crippen LogP contribution in [0.4, 0.5) is 0 Å². The van der Waals surface area contributed by atoms with E-state index < -0.39 is 0 Å². The van der Waals surface area contributed by atoms with Gasteiger partial charge in [-0.15, -0.1) is 10.2 Å². The molecule has 2 N–H and O–H groups in total. The molecule has 3 rings (SSSR count). The zero-order valence-electron chi connectivity index (χ0n) is 10.2. The second kappa shape index (κ2) is 5.40. The topological polar surface area (TPSA) is 84.3 Å². The third-order valence-electron chi connectivity index (χ3n) is 2.74. The standard InChI is InChI=1S/C12H13N7/c1-3-11(19-6-5-13-9-19)4-2-10(1)7-14-8-12-15-17-18-16-12/h1-6,9,14H,7-8H2,(H,15,16,17,18). The Kier molecular flexibility index (Phi) is 3.28. The van der Waals surface area contributed by atoms with E-state index in [9.17, 15) is 0 Å². The summed E-state index contributed by atoms with van der Waals surface area (Å²) in [5, 5.41) is 16.9. The summed E-state index contributed by atoms with van der Waals surface area (Å²) < 4.78 is 1.97. The second-order valence-electron chi connectivity index (χ2n) is 4.07. The van der Waals surface area contributed by atoms with Crippen molar-refractivity contribution in [1.29, 1.82) is 0 Å². The molecule has 2 aromatic heterocycles. The van der Waals surface area contributed by atoms with Gasteiger partial charge in [0, 0.05) is 24.6 Å². The molecule has 7 nitrogen and oxygen atoms in total. The number of rotatable bonds is 5. The summed E-state index contributed by atoms with van der Waals surface area (Å²) in [6, 6.07) is 8.29. The molecule has 2 heterocycles. The SMILES string of the molecule is c1cn(-c2ccc(CNCc3nn[nH]n3)cc2)cn1. The molecule has 0 aliphatic heterocycles. The lowest BCUT2D eigenvalue weighted by molar-refractivity contribution is 0.663. The molecule has 0 spiro atoms. The van der Waals surface area contributed by atoms with E-state index in [0.717, 1.165) is 12.2 Å². The van der Waals surface area contributed by atoms with E-state index >= 15 is 0 Å². The van der Waals surface area contributed by atoms with E-state index in [0.29, 0.717) is 12.4 Å². The molecule has 0 saturated heterocycles. The predicted octanol–water partition coefficient (Wildman–Crippen LogP) is 0.675. The van der Waals surface area contributed by atoms with Crippen molar-refractivity contribution in [1.82, 2.24) is 35.5 Å². The number of imidazole rings is 1. The monoisotopic (exact) mass is 255 g/mol. The third-order valence-corrected chi connectivity index (χ3v) is 2.74. The molecule has 0 unspecified atom stereocenters. The number of H-pyrrole nitrogens is 1. The Labute approximate surface area is 109 Å². The van der Waals surface area contributed by atoms with Gasteiger partial charge in [0.15, 0.2) is 5.82 Å². The van der Waals surface area contributed by atoms with Crippen molar-refractivity contribution in [2.45, 2.75) is 13.1 Å². The van der Waals surface area contributed by atoms with Gasteiger partial charge in [-0.2, -0.15) is 5.21 Å². The molecule has 0 amide bonds. The van der Waals surface area contributed by atoms with Crippen molar-refractivity contribution >= 4 is 0 Å². The van der Waals surface area contributed by atoms with Gasteiger partial charge in [0.25, 0.3) is 0 Å². The summed E-state index contributed by atoms with van der Waals surface area (Å²) in [6.07, 6.45) is 5.47. The van der Waals surface area contributed by atoms with Crippen molar-refractivity contribution in [3.63, 3.8) is 0 Å². The Morgan fingerprint density at radius 1 is 1.16 bits per heavy atom. The van der Waals surface area contributed by atoms with E-state index in [1.807, 2.05) is 10.8 Å². The highest BCUT2D eigenvalue weighted by atomic mass is 15.5. The van der Waals surface area contributed by atoms with E-state index in [-0.39, 0.29) is 0 Å². The van der Waals surface area contributed by atoms with E-state index in [1.165, 1.54) is 5.56 Å². The van der Waals surface area contributed by atoms with E-state index in [4.69, 9.17) is 0 Å². The summed E-state index contributed by atoms with van der Waals surface area (Å²) >= 11 is 0. The fourth-order valence-corrected chi connectivity index (χ4v) is 1.77. The predicted molar refractivity (Wildman–Crippen MR) is 68.3 cm³/mol. The minimum absolute atomic E-state index is 0.597. The first kappa shape index (κ1) is 11.5. The molecular weight excluding hydrogens is 242 g/mol. The van der Waals surface area contributed by atoms with E-state index in [1.54, 1.807) is 12.5 Å². The molecule has 0 radical (unpaired) electrons. The van der Waals surface area contributed by atoms with Crippen LogP contribution in [0.3, 0.4) is 0 Å². The Balaban J connectivity index is 1.57. The van der Waals surface area contributed by atoms with Crippen molar-refractivity contribution in [2.24, 2.45) is 0 Å². The highest BCUT2D eigenvalue weighted by Crippen LogP contribution is 2.09. The molecule has 0 bridgehead atoms. The van der Waals surface area contributed by atoms with Gasteiger partial charge in [-0.25, -0.2) is 4.98 Å². The molecule has 7 heteroatoms. The Hall–Kier alpha value is -2.54. The van der Waals surface area contributed by atoms with Crippen LogP contribution in [0.5, 0.6) is 0 Å². The van der Waals surface area contributed by atoms with Crippen molar-refractivity contribution in [3.05, 3.63) is 54.4 Å². The Morgan fingerprint density at radius 3 is 2.74 bits per heavy atom. The van der Waals surface area contributed by atoms with Crippen LogP contribution in [0.15, 0.2) is 43.0 Å². The number of nitrogens with zero attached hydrogens (tertiary/aromatic N) is 5. The lowest BCUT2D eigenvalue weighted by atomic mass is 10.2. The molecule has 0 aliphatic carbocycles. The van der Waals surface area contributed by atoms with Crippen LogP contribution in [0, 0.1) is 0 Å². The third kappa shape index (κ3) is 2.83. The van der Waals surface area contributed by atoms with Crippen molar-refractivity contribution < 1.29 is 0 Å². The van der Waals surface area contributed by atoms with Gasteiger partial charge in [0.2, 0.25) is 0 Å². The van der Waals surface area contributed by atoms with Gasteiger partial charge in [0.1, 0.15) is 0 Å². The molecule has 96 valence electrons. The van der Waals surface area contributed by atoms with Crippen molar-refractivity contribution in [3.8, 4) is 5.69 Å². The Bertz CT molecular complexity index is 598. The van der Waals surface area contributed by atoms with E-state index in [2.05, 4.69) is 55.2 Å². The lowest BCUT2D eigenvalue weighted by Crippen LogP contribution is -2.13. The summed E-state index contributed by atoms with van der Waals surface area (Å²) in [4.78, 5) is 4.03. The second-order valence-corrected chi connectivity index (χ2v) is 4.07. The van der Waals surface area contributed by atoms with Gasteiger partial charge in [-0.05, 0) is 17.7 Å². The number of tetrazole rings is 1. The normalized spacial score (nSPS) is 10.7. The molecular formula is C12H13N7. The van der Waals surface area contributed by atoms with Crippen LogP contribution in [0.25, 0.3) is 5.69 Å². The Morgan fingerprint density at radius 2 is 2.05 bits per heavy atom. The van der Waals surface area contributed by atoms with Gasteiger partial charge in [-0.1, -0.05) is 17.3 Å². The summed E-state index contributed by atoms with van der Waals surface area (Å²) in [5.41, 5.74) is 2.30. The van der Waals surface area contributed by atoms with Crippen LogP contribution >= 0.6 is 0 Å². The van der Waals surface area contributed by atoms with Crippen molar-refractivity contribution in [2.75, 3.05) is 0 Å². The summed E-state index contributed by atoms with van der Waals surface area (Å²) in [7, 11) is 0. The first-order valence-electron chi connectivity index (χ1n) is 5.92. The number of hydrogen-bond donors (Lipinski definition) is 2. The van der Waals surface area contributed by atoms with Gasteiger partial charge >= 0.3 is 0 Å². The number of nitrogens with one attached hydrogen (secondary N) is 2. The average molecular weight is 255 g/mol. The minimum Gasteiger partial charge on any atom is -0.306 e. The summed E-state index contributed by atoms with van der Waals surface area (Å²) in [5.74, 6) is 0.662. The zero-order valence-corrected chi connectivity index (χ0v) is 10.2. The van der Waals surface area contributed by atoms with Crippen LogP contribution in [-0.2, 0) is 13.1 Å². The fourth-order valence-electron chi connectivity index (χ4n) is 1.77. The lowest BCUT2D eigenvalue weighted by Gasteiger charge is -2.05. The van der Waals surface area contributed by atoms with Crippen LogP contribution in [0.2, 0.25) is 0 Å². The molecule has 0 fully saturated rings. The quantitative estimate of drug-likeness (QED) is 0.700. The van der Waals surface area contributed by atoms with Gasteiger partial charge < -0.3 is 9.88 Å². The van der Waals surface area contributed by atoms with Gasteiger partial charge in [0.05, 0.1) is 12.9 Å². The van der Waals surface area contributed by atoms with Crippen LogP contribution in [0.1, 0.15) is 11.4 Å². The maximum Gasteiger partial charge on any atom is 0.188 e. The largest absolute Gasteiger partial charge is 0.306 e. The smallest absolute Gasteiger partial charge is 0.188 e. The molecule has 0 saturated carbocycles. The number of benzene rings is 1. The molecule has 0 atom stereocenters. The number of hydrogen-bond acceptors (Lipinski definition) is 5. The first-order valence-corrected chi connectivity index (χ1v) is 5.92. The number of aromatic amines is 1. The van der Waals surface area contributed by atoms with Crippen LogP contribution in [-0.4, -0.2) is 30.2 Å². The maximum absolute atomic E-state index is 4.03. The molecule has 1 aromatic carbocycles. The zero-order chi connectivity index (χ0) is 12.9. The highest BCUT2D eigenvalue weighted by molar-refractivity contribution is 5.34.